The number of hydrogen-bond donors (Lipinski definition) is 1. The van der Waals surface area contributed by atoms with Crippen LogP contribution in [0.5, 0.6) is 23.0 Å². The molecule has 5 rings (SSSR count). The standard InChI is InChI=1S/C35H30N2O6/c1-24(42-30-19-17-29(18-20-30)41-23-25-8-4-3-5-9-25)34(38)37-36-22-32-31-11-7-6-10-26(31)14-21-33(32)43-35(39)27-12-15-28(40-2)16-13-27/h3-22,24H,23H2,1-2H3,(H,37,38)/b36-22+. The van der Waals surface area contributed by atoms with Crippen molar-refractivity contribution >= 4 is 28.9 Å². The summed E-state index contributed by atoms with van der Waals surface area (Å²) in [5, 5.41) is 5.88. The van der Waals surface area contributed by atoms with Gasteiger partial charge in [0, 0.05) is 5.56 Å². The molecule has 43 heavy (non-hydrogen) atoms. The summed E-state index contributed by atoms with van der Waals surface area (Å²) in [6, 6.07) is 34.7. The maximum absolute atomic E-state index is 12.9. The molecule has 1 atom stereocenters. The highest BCUT2D eigenvalue weighted by molar-refractivity contribution is 6.04. The van der Waals surface area contributed by atoms with Crippen molar-refractivity contribution in [3.63, 3.8) is 0 Å². The molecule has 0 aromatic heterocycles. The van der Waals surface area contributed by atoms with E-state index in [1.165, 1.54) is 6.21 Å². The van der Waals surface area contributed by atoms with Gasteiger partial charge >= 0.3 is 5.97 Å². The zero-order valence-electron chi connectivity index (χ0n) is 23.7. The minimum absolute atomic E-state index is 0.302. The Morgan fingerprint density at radius 3 is 2.21 bits per heavy atom. The molecule has 0 fully saturated rings. The van der Waals surface area contributed by atoms with Crippen molar-refractivity contribution < 1.29 is 28.5 Å². The number of hydrazone groups is 1. The summed E-state index contributed by atoms with van der Waals surface area (Å²) >= 11 is 0. The van der Waals surface area contributed by atoms with Crippen LogP contribution >= 0.6 is 0 Å². The fourth-order valence-corrected chi connectivity index (χ4v) is 4.25. The summed E-state index contributed by atoms with van der Waals surface area (Å²) in [5.74, 6) is 1.16. The van der Waals surface area contributed by atoms with Gasteiger partial charge in [-0.25, -0.2) is 10.2 Å². The van der Waals surface area contributed by atoms with Gasteiger partial charge in [-0.05, 0) is 77.9 Å². The van der Waals surface area contributed by atoms with E-state index in [0.29, 0.717) is 40.7 Å². The summed E-state index contributed by atoms with van der Waals surface area (Å²) in [5.41, 5.74) is 4.50. The van der Waals surface area contributed by atoms with Crippen molar-refractivity contribution in [2.75, 3.05) is 7.11 Å². The fraction of sp³-hybridized carbons (Fsp3) is 0.114. The molecular formula is C35H30N2O6. The average Bonchev–Trinajstić information content (AvgIpc) is 3.05. The molecule has 5 aromatic carbocycles. The van der Waals surface area contributed by atoms with Crippen LogP contribution in [-0.2, 0) is 11.4 Å². The Morgan fingerprint density at radius 1 is 0.791 bits per heavy atom. The molecule has 0 aliphatic carbocycles. The van der Waals surface area contributed by atoms with E-state index >= 15 is 0 Å². The molecule has 0 aliphatic rings. The van der Waals surface area contributed by atoms with Crippen LogP contribution < -0.4 is 24.4 Å². The van der Waals surface area contributed by atoms with Crippen LogP contribution in [0.4, 0.5) is 0 Å². The van der Waals surface area contributed by atoms with Gasteiger partial charge in [0.15, 0.2) is 6.10 Å². The minimum atomic E-state index is -0.826. The highest BCUT2D eigenvalue weighted by atomic mass is 16.5. The summed E-state index contributed by atoms with van der Waals surface area (Å²) < 4.78 is 22.5. The predicted octanol–water partition coefficient (Wildman–Crippen LogP) is 6.56. The third-order valence-electron chi connectivity index (χ3n) is 6.58. The molecule has 1 unspecified atom stereocenters. The average molecular weight is 575 g/mol. The third kappa shape index (κ3) is 7.56. The second kappa shape index (κ2) is 13.8. The highest BCUT2D eigenvalue weighted by Gasteiger charge is 2.16. The first-order chi connectivity index (χ1) is 21.0. The van der Waals surface area contributed by atoms with Crippen LogP contribution in [-0.4, -0.2) is 31.3 Å². The van der Waals surface area contributed by atoms with Gasteiger partial charge in [-0.3, -0.25) is 4.79 Å². The van der Waals surface area contributed by atoms with Gasteiger partial charge in [-0.2, -0.15) is 5.10 Å². The number of esters is 1. The lowest BCUT2D eigenvalue weighted by Crippen LogP contribution is -2.33. The molecule has 0 radical (unpaired) electrons. The van der Waals surface area contributed by atoms with E-state index in [4.69, 9.17) is 18.9 Å². The number of nitrogens with zero attached hydrogens (tertiary/aromatic N) is 1. The second-order valence-electron chi connectivity index (χ2n) is 9.56. The largest absolute Gasteiger partial charge is 0.497 e. The summed E-state index contributed by atoms with van der Waals surface area (Å²) in [6.45, 7) is 2.08. The van der Waals surface area contributed by atoms with Crippen molar-refractivity contribution in [1.29, 1.82) is 0 Å². The SMILES string of the molecule is COc1ccc(C(=O)Oc2ccc3ccccc3c2/C=N/NC(=O)C(C)Oc2ccc(OCc3ccccc3)cc2)cc1. The molecule has 0 saturated carbocycles. The Kier molecular flexibility index (Phi) is 9.29. The maximum atomic E-state index is 12.9. The number of fused-ring (bicyclic) bond motifs is 1. The van der Waals surface area contributed by atoms with Crippen LogP contribution in [0.1, 0.15) is 28.4 Å². The summed E-state index contributed by atoms with van der Waals surface area (Å²) in [4.78, 5) is 25.6. The normalized spacial score (nSPS) is 11.6. The Morgan fingerprint density at radius 2 is 1.47 bits per heavy atom. The number of carbonyl (C=O) groups excluding carboxylic acids is 2. The molecule has 216 valence electrons. The molecule has 0 saturated heterocycles. The van der Waals surface area contributed by atoms with Crippen LogP contribution in [0.2, 0.25) is 0 Å². The quantitative estimate of drug-likeness (QED) is 0.0831. The summed E-state index contributed by atoms with van der Waals surface area (Å²) in [7, 11) is 1.56. The lowest BCUT2D eigenvalue weighted by Gasteiger charge is -2.14. The Hall–Kier alpha value is -5.63. The van der Waals surface area contributed by atoms with Gasteiger partial charge in [0.05, 0.1) is 18.9 Å². The number of benzene rings is 5. The van der Waals surface area contributed by atoms with Crippen molar-refractivity contribution in [1.82, 2.24) is 5.43 Å². The fourth-order valence-electron chi connectivity index (χ4n) is 4.25. The Bertz CT molecular complexity index is 1720. The topological polar surface area (TPSA) is 95.5 Å². The van der Waals surface area contributed by atoms with Gasteiger partial charge in [-0.1, -0.05) is 60.7 Å². The monoisotopic (exact) mass is 574 g/mol. The van der Waals surface area contributed by atoms with E-state index in [2.05, 4.69) is 10.5 Å². The molecule has 0 bridgehead atoms. The van der Waals surface area contributed by atoms with Crippen molar-refractivity contribution in [3.05, 3.63) is 132 Å². The van der Waals surface area contributed by atoms with Crippen molar-refractivity contribution in [2.24, 2.45) is 5.10 Å². The van der Waals surface area contributed by atoms with Crippen molar-refractivity contribution in [3.8, 4) is 23.0 Å². The first-order valence-corrected chi connectivity index (χ1v) is 13.6. The van der Waals surface area contributed by atoms with Crippen LogP contribution in [0.3, 0.4) is 0 Å². The number of ether oxygens (including phenoxy) is 4. The predicted molar refractivity (Wildman–Crippen MR) is 165 cm³/mol. The third-order valence-corrected chi connectivity index (χ3v) is 6.58. The number of nitrogens with one attached hydrogen (secondary N) is 1. The van der Waals surface area contributed by atoms with Gasteiger partial charge in [0.25, 0.3) is 5.91 Å². The molecule has 0 heterocycles. The second-order valence-corrected chi connectivity index (χ2v) is 9.56. The summed E-state index contributed by atoms with van der Waals surface area (Å²) in [6.07, 6.45) is 0.635. The molecule has 0 aliphatic heterocycles. The molecule has 0 spiro atoms. The minimum Gasteiger partial charge on any atom is -0.497 e. The van der Waals surface area contributed by atoms with Gasteiger partial charge < -0.3 is 18.9 Å². The number of rotatable bonds is 11. The Labute approximate surface area is 249 Å². The highest BCUT2D eigenvalue weighted by Crippen LogP contribution is 2.28. The molecule has 8 nitrogen and oxygen atoms in total. The van der Waals surface area contributed by atoms with E-state index in [0.717, 1.165) is 16.3 Å². The lowest BCUT2D eigenvalue weighted by molar-refractivity contribution is -0.127. The van der Waals surface area contributed by atoms with Gasteiger partial charge in [0.2, 0.25) is 0 Å². The van der Waals surface area contributed by atoms with Crippen LogP contribution in [0.15, 0.2) is 120 Å². The molecule has 8 heteroatoms. The zero-order valence-corrected chi connectivity index (χ0v) is 23.7. The van der Waals surface area contributed by atoms with Crippen LogP contribution in [0.25, 0.3) is 10.8 Å². The van der Waals surface area contributed by atoms with Crippen molar-refractivity contribution in [2.45, 2.75) is 19.6 Å². The lowest BCUT2D eigenvalue weighted by atomic mass is 10.0. The van der Waals surface area contributed by atoms with E-state index in [-0.39, 0.29) is 0 Å². The van der Waals surface area contributed by atoms with Gasteiger partial charge in [-0.15, -0.1) is 0 Å². The smallest absolute Gasteiger partial charge is 0.343 e. The number of amides is 1. The molecular weight excluding hydrogens is 544 g/mol. The molecule has 1 N–H and O–H groups in total. The first-order valence-electron chi connectivity index (χ1n) is 13.6. The van der Waals surface area contributed by atoms with Crippen LogP contribution in [0, 0.1) is 0 Å². The number of carbonyl (C=O) groups is 2. The first kappa shape index (κ1) is 28.9. The van der Waals surface area contributed by atoms with E-state index in [1.54, 1.807) is 68.6 Å². The number of hydrogen-bond acceptors (Lipinski definition) is 7. The molecule has 1 amide bonds. The van der Waals surface area contributed by atoms with Gasteiger partial charge in [0.1, 0.15) is 29.6 Å². The van der Waals surface area contributed by atoms with E-state index < -0.39 is 18.0 Å². The Balaban J connectivity index is 1.22. The van der Waals surface area contributed by atoms with E-state index in [1.807, 2.05) is 60.7 Å². The maximum Gasteiger partial charge on any atom is 0.343 e. The zero-order chi connectivity index (χ0) is 30.0. The van der Waals surface area contributed by atoms with E-state index in [9.17, 15) is 9.59 Å². The molecule has 5 aromatic rings. The number of methoxy groups -OCH3 is 1.